The standard InChI is InChI=1S/C31H36N6O2/c1-4-23(3)35-15-17-36(18-16-35)31(39)24-7-9-27(10-8-24)34-28-11-12-29(37-14-13-33-30(28)37)25-6-5-22(2)26(19-25)20-32-21-38/h5-14,19,21,23,34H,4,15-18,20H2,1-3H3,(H,32,38). The number of aromatic nitrogens is 2. The van der Waals surface area contributed by atoms with E-state index < -0.39 is 0 Å². The smallest absolute Gasteiger partial charge is 0.253 e. The molecule has 39 heavy (non-hydrogen) atoms. The topological polar surface area (TPSA) is 82.0 Å². The summed E-state index contributed by atoms with van der Waals surface area (Å²) in [7, 11) is 0. The highest BCUT2D eigenvalue weighted by molar-refractivity contribution is 5.94. The van der Waals surface area contributed by atoms with E-state index in [0.717, 1.165) is 78.4 Å². The molecule has 2 aromatic heterocycles. The van der Waals surface area contributed by atoms with E-state index in [1.54, 1.807) is 6.20 Å². The lowest BCUT2D eigenvalue weighted by Crippen LogP contribution is -2.51. The number of hydrogen-bond acceptors (Lipinski definition) is 5. The van der Waals surface area contributed by atoms with Crippen LogP contribution in [0.3, 0.4) is 0 Å². The van der Waals surface area contributed by atoms with Gasteiger partial charge in [-0.15, -0.1) is 0 Å². The Balaban J connectivity index is 1.30. The number of nitrogens with zero attached hydrogens (tertiary/aromatic N) is 4. The fraction of sp³-hybridized carbons (Fsp3) is 0.323. The summed E-state index contributed by atoms with van der Waals surface area (Å²) in [6, 6.07) is 18.6. The van der Waals surface area contributed by atoms with Crippen molar-refractivity contribution >= 4 is 29.3 Å². The van der Waals surface area contributed by atoms with Gasteiger partial charge in [0.25, 0.3) is 5.91 Å². The van der Waals surface area contributed by atoms with E-state index in [1.807, 2.05) is 48.4 Å². The molecule has 1 aliphatic rings. The molecular weight excluding hydrogens is 488 g/mol. The summed E-state index contributed by atoms with van der Waals surface area (Å²) in [5, 5.41) is 6.22. The van der Waals surface area contributed by atoms with Crippen LogP contribution in [0.2, 0.25) is 0 Å². The summed E-state index contributed by atoms with van der Waals surface area (Å²) in [6.07, 6.45) is 5.58. The molecule has 5 rings (SSSR count). The molecule has 1 saturated heterocycles. The van der Waals surface area contributed by atoms with Crippen LogP contribution in [-0.2, 0) is 11.3 Å². The SMILES string of the molecule is CCC(C)N1CCN(C(=O)c2ccc(Nc3ccc(-c4ccc(C)c(CNC=O)c4)n4ccnc34)cc2)CC1. The van der Waals surface area contributed by atoms with E-state index in [9.17, 15) is 9.59 Å². The number of aryl methyl sites for hydroxylation is 1. The average Bonchev–Trinajstić information content (AvgIpc) is 3.47. The second kappa shape index (κ2) is 11.7. The maximum atomic E-state index is 13.1. The van der Waals surface area contributed by atoms with Crippen LogP contribution < -0.4 is 10.6 Å². The predicted molar refractivity (Wildman–Crippen MR) is 155 cm³/mol. The summed E-state index contributed by atoms with van der Waals surface area (Å²) in [5.74, 6) is 0.0890. The fourth-order valence-corrected chi connectivity index (χ4v) is 5.18. The monoisotopic (exact) mass is 524 g/mol. The van der Waals surface area contributed by atoms with Crippen molar-refractivity contribution in [2.45, 2.75) is 39.8 Å². The molecule has 2 amide bonds. The maximum absolute atomic E-state index is 13.1. The number of carbonyl (C=O) groups is 2. The molecule has 2 aromatic carbocycles. The second-order valence-corrected chi connectivity index (χ2v) is 10.2. The Morgan fingerprint density at radius 3 is 2.54 bits per heavy atom. The molecule has 0 aliphatic carbocycles. The third kappa shape index (κ3) is 5.66. The van der Waals surface area contributed by atoms with Crippen molar-refractivity contribution in [1.29, 1.82) is 0 Å². The third-order valence-corrected chi connectivity index (χ3v) is 7.80. The van der Waals surface area contributed by atoms with Crippen LogP contribution >= 0.6 is 0 Å². The second-order valence-electron chi connectivity index (χ2n) is 10.2. The average molecular weight is 525 g/mol. The van der Waals surface area contributed by atoms with Gasteiger partial charge in [-0.1, -0.05) is 19.1 Å². The molecule has 0 spiro atoms. The molecular formula is C31H36N6O2. The minimum atomic E-state index is 0.0890. The highest BCUT2D eigenvalue weighted by atomic mass is 16.2. The van der Waals surface area contributed by atoms with Gasteiger partial charge in [0.1, 0.15) is 0 Å². The van der Waals surface area contributed by atoms with E-state index in [-0.39, 0.29) is 5.91 Å². The minimum Gasteiger partial charge on any atom is -0.355 e. The van der Waals surface area contributed by atoms with Gasteiger partial charge >= 0.3 is 0 Å². The molecule has 4 aromatic rings. The molecule has 1 fully saturated rings. The number of imidazole rings is 1. The molecule has 8 nitrogen and oxygen atoms in total. The van der Waals surface area contributed by atoms with Crippen LogP contribution in [0, 0.1) is 6.92 Å². The molecule has 0 bridgehead atoms. The Kier molecular flexibility index (Phi) is 7.93. The molecule has 1 atom stereocenters. The number of rotatable bonds is 9. The number of carbonyl (C=O) groups excluding carboxylic acids is 2. The van der Waals surface area contributed by atoms with Crippen LogP contribution in [-0.4, -0.2) is 63.7 Å². The molecule has 1 unspecified atom stereocenters. The van der Waals surface area contributed by atoms with Crippen molar-refractivity contribution in [3.63, 3.8) is 0 Å². The lowest BCUT2D eigenvalue weighted by Gasteiger charge is -2.37. The highest BCUT2D eigenvalue weighted by Gasteiger charge is 2.24. The Bertz CT molecular complexity index is 1450. The Morgan fingerprint density at radius 1 is 1.05 bits per heavy atom. The van der Waals surface area contributed by atoms with E-state index in [2.05, 4.69) is 63.0 Å². The van der Waals surface area contributed by atoms with Gasteiger partial charge in [0.15, 0.2) is 5.65 Å². The summed E-state index contributed by atoms with van der Waals surface area (Å²) >= 11 is 0. The summed E-state index contributed by atoms with van der Waals surface area (Å²) in [5.41, 5.74) is 7.53. The minimum absolute atomic E-state index is 0.0890. The normalized spacial score (nSPS) is 14.8. The van der Waals surface area contributed by atoms with E-state index >= 15 is 0 Å². The van der Waals surface area contributed by atoms with Gasteiger partial charge in [0, 0.05) is 62.4 Å². The number of benzene rings is 2. The van der Waals surface area contributed by atoms with E-state index in [4.69, 9.17) is 0 Å². The van der Waals surface area contributed by atoms with Crippen molar-refractivity contribution in [2.24, 2.45) is 0 Å². The van der Waals surface area contributed by atoms with Gasteiger partial charge in [0.05, 0.1) is 11.4 Å². The van der Waals surface area contributed by atoms with Crippen LogP contribution in [0.4, 0.5) is 11.4 Å². The maximum Gasteiger partial charge on any atom is 0.253 e. The summed E-state index contributed by atoms with van der Waals surface area (Å²) < 4.78 is 2.06. The van der Waals surface area contributed by atoms with Gasteiger partial charge in [-0.25, -0.2) is 4.98 Å². The third-order valence-electron chi connectivity index (χ3n) is 7.80. The van der Waals surface area contributed by atoms with Gasteiger partial charge in [0.2, 0.25) is 6.41 Å². The Morgan fingerprint density at radius 2 is 1.82 bits per heavy atom. The first-order valence-electron chi connectivity index (χ1n) is 13.6. The number of piperazine rings is 1. The number of nitrogens with one attached hydrogen (secondary N) is 2. The molecule has 0 radical (unpaired) electrons. The number of hydrogen-bond donors (Lipinski definition) is 2. The van der Waals surface area contributed by atoms with Crippen LogP contribution in [0.25, 0.3) is 16.9 Å². The lowest BCUT2D eigenvalue weighted by molar-refractivity contribution is -0.109. The van der Waals surface area contributed by atoms with Crippen molar-refractivity contribution in [1.82, 2.24) is 24.5 Å². The fourth-order valence-electron chi connectivity index (χ4n) is 5.18. The van der Waals surface area contributed by atoms with Gasteiger partial charge in [-0.05, 0) is 79.4 Å². The number of pyridine rings is 1. The van der Waals surface area contributed by atoms with Crippen molar-refractivity contribution in [3.8, 4) is 11.3 Å². The zero-order valence-electron chi connectivity index (χ0n) is 22.9. The molecule has 202 valence electrons. The zero-order valence-corrected chi connectivity index (χ0v) is 22.9. The molecule has 0 saturated carbocycles. The molecule has 2 N–H and O–H groups in total. The van der Waals surface area contributed by atoms with E-state index in [1.165, 1.54) is 0 Å². The number of fused-ring (bicyclic) bond motifs is 1. The largest absolute Gasteiger partial charge is 0.355 e. The van der Waals surface area contributed by atoms with Crippen LogP contribution in [0.15, 0.2) is 67.0 Å². The summed E-state index contributed by atoms with van der Waals surface area (Å²) in [6.45, 7) is 10.4. The lowest BCUT2D eigenvalue weighted by atomic mass is 10.0. The number of amides is 2. The Labute approximate surface area is 229 Å². The number of anilines is 2. The molecule has 1 aliphatic heterocycles. The van der Waals surface area contributed by atoms with Crippen LogP contribution in [0.1, 0.15) is 41.8 Å². The summed E-state index contributed by atoms with van der Waals surface area (Å²) in [4.78, 5) is 32.9. The van der Waals surface area contributed by atoms with Crippen molar-refractivity contribution in [3.05, 3.63) is 83.7 Å². The zero-order chi connectivity index (χ0) is 27.4. The molecule has 3 heterocycles. The van der Waals surface area contributed by atoms with E-state index in [0.29, 0.717) is 18.2 Å². The highest BCUT2D eigenvalue weighted by Crippen LogP contribution is 2.29. The first-order valence-corrected chi connectivity index (χ1v) is 13.6. The van der Waals surface area contributed by atoms with Gasteiger partial charge < -0.3 is 15.5 Å². The van der Waals surface area contributed by atoms with Gasteiger partial charge in [-0.3, -0.25) is 18.9 Å². The predicted octanol–water partition coefficient (Wildman–Crippen LogP) is 4.86. The Hall–Kier alpha value is -4.17. The first-order chi connectivity index (χ1) is 19.0. The molecule has 8 heteroatoms. The van der Waals surface area contributed by atoms with Crippen LogP contribution in [0.5, 0.6) is 0 Å². The van der Waals surface area contributed by atoms with Crippen molar-refractivity contribution in [2.75, 3.05) is 31.5 Å². The first kappa shape index (κ1) is 26.4. The van der Waals surface area contributed by atoms with Crippen molar-refractivity contribution < 1.29 is 9.59 Å². The quantitative estimate of drug-likeness (QED) is 0.306. The van der Waals surface area contributed by atoms with Gasteiger partial charge in [-0.2, -0.15) is 0 Å².